The molecule has 0 amide bonds. The van der Waals surface area contributed by atoms with Crippen molar-refractivity contribution in [3.8, 4) is 0 Å². The molecule has 4 heteroatoms. The van der Waals surface area contributed by atoms with Gasteiger partial charge in [-0.25, -0.2) is 0 Å². The van der Waals surface area contributed by atoms with E-state index in [9.17, 15) is 4.79 Å². The number of hydrogen-bond donors (Lipinski definition) is 2. The second-order valence-electron chi connectivity index (χ2n) is 2.57. The van der Waals surface area contributed by atoms with Crippen molar-refractivity contribution in [1.29, 1.82) is 0 Å². The zero-order chi connectivity index (χ0) is 7.56. The predicted octanol–water partition coefficient (Wildman–Crippen LogP) is -0.862. The zero-order valence-corrected chi connectivity index (χ0v) is 5.66. The van der Waals surface area contributed by atoms with Crippen LogP contribution >= 0.6 is 0 Å². The fourth-order valence-corrected chi connectivity index (χ4v) is 1.15. The molecule has 0 saturated carbocycles. The molecular weight excluding hydrogens is 134 g/mol. The maximum atomic E-state index is 10.1. The van der Waals surface area contributed by atoms with Gasteiger partial charge in [0.1, 0.15) is 0 Å². The van der Waals surface area contributed by atoms with Crippen molar-refractivity contribution in [1.82, 2.24) is 4.90 Å². The molecule has 0 aromatic heterocycles. The molecule has 10 heavy (non-hydrogen) atoms. The number of aliphatic hydroxyl groups is 1. The summed E-state index contributed by atoms with van der Waals surface area (Å²) >= 11 is 0. The number of nitrogens with zero attached hydrogens (tertiary/aromatic N) is 1. The highest BCUT2D eigenvalue weighted by Crippen LogP contribution is 2.06. The summed E-state index contributed by atoms with van der Waals surface area (Å²) in [5, 5.41) is 17.3. The van der Waals surface area contributed by atoms with Crippen molar-refractivity contribution in [3.05, 3.63) is 0 Å². The van der Waals surface area contributed by atoms with Gasteiger partial charge in [-0.3, -0.25) is 9.69 Å². The van der Waals surface area contributed by atoms with Crippen molar-refractivity contribution in [2.75, 3.05) is 19.6 Å². The van der Waals surface area contributed by atoms with E-state index in [4.69, 9.17) is 10.2 Å². The summed E-state index contributed by atoms with van der Waals surface area (Å²) in [6.07, 6.45) is 0.382. The molecule has 58 valence electrons. The van der Waals surface area contributed by atoms with Gasteiger partial charge >= 0.3 is 5.97 Å². The Kier molecular flexibility index (Phi) is 2.24. The Hall–Kier alpha value is -0.610. The number of aliphatic hydroxyl groups excluding tert-OH is 1. The SMILES string of the molecule is O=C(O)CN1CC[C@H](O)C1. The van der Waals surface area contributed by atoms with Crippen LogP contribution in [0.2, 0.25) is 0 Å². The molecule has 1 fully saturated rings. The van der Waals surface area contributed by atoms with Crippen LogP contribution in [0.4, 0.5) is 0 Å². The first kappa shape index (κ1) is 7.50. The number of carbonyl (C=O) groups is 1. The van der Waals surface area contributed by atoms with Crippen LogP contribution < -0.4 is 0 Å². The van der Waals surface area contributed by atoms with Crippen LogP contribution in [0.25, 0.3) is 0 Å². The Morgan fingerprint density at radius 1 is 1.70 bits per heavy atom. The number of hydrogen-bond acceptors (Lipinski definition) is 3. The van der Waals surface area contributed by atoms with Gasteiger partial charge in [0.25, 0.3) is 0 Å². The predicted molar refractivity (Wildman–Crippen MR) is 34.7 cm³/mol. The van der Waals surface area contributed by atoms with E-state index >= 15 is 0 Å². The summed E-state index contributed by atoms with van der Waals surface area (Å²) in [7, 11) is 0. The highest BCUT2D eigenvalue weighted by molar-refractivity contribution is 5.69. The number of rotatable bonds is 2. The average molecular weight is 145 g/mol. The lowest BCUT2D eigenvalue weighted by molar-refractivity contribution is -0.138. The molecule has 0 aromatic rings. The van der Waals surface area contributed by atoms with E-state index in [0.29, 0.717) is 19.5 Å². The molecule has 4 nitrogen and oxygen atoms in total. The van der Waals surface area contributed by atoms with Gasteiger partial charge in [-0.2, -0.15) is 0 Å². The van der Waals surface area contributed by atoms with Crippen LogP contribution in [0.3, 0.4) is 0 Å². The molecule has 2 N–H and O–H groups in total. The number of carboxylic acids is 1. The number of β-amino-alcohol motifs (C(OH)–C–C–N with tert-alkyl or cyclic N) is 1. The van der Waals surface area contributed by atoms with Crippen LogP contribution in [-0.4, -0.2) is 46.8 Å². The summed E-state index contributed by atoms with van der Waals surface area (Å²) in [6.45, 7) is 1.26. The summed E-state index contributed by atoms with van der Waals surface area (Å²) < 4.78 is 0. The Morgan fingerprint density at radius 2 is 2.40 bits per heavy atom. The monoisotopic (exact) mass is 145 g/mol. The van der Waals surface area contributed by atoms with Gasteiger partial charge in [0.05, 0.1) is 12.6 Å². The smallest absolute Gasteiger partial charge is 0.317 e. The van der Waals surface area contributed by atoms with Crippen molar-refractivity contribution in [3.63, 3.8) is 0 Å². The van der Waals surface area contributed by atoms with Crippen LogP contribution in [-0.2, 0) is 4.79 Å². The molecule has 1 heterocycles. The van der Waals surface area contributed by atoms with Crippen LogP contribution in [0.15, 0.2) is 0 Å². The minimum atomic E-state index is -0.825. The molecule has 0 aliphatic carbocycles. The topological polar surface area (TPSA) is 60.8 Å². The fourth-order valence-electron chi connectivity index (χ4n) is 1.15. The van der Waals surface area contributed by atoms with E-state index < -0.39 is 5.97 Å². The molecule has 1 aliphatic rings. The van der Waals surface area contributed by atoms with Gasteiger partial charge in [0, 0.05) is 13.1 Å². The molecule has 1 rings (SSSR count). The zero-order valence-electron chi connectivity index (χ0n) is 5.66. The Labute approximate surface area is 59.1 Å². The minimum absolute atomic E-state index is 0.0526. The molecule has 1 saturated heterocycles. The molecule has 0 radical (unpaired) electrons. The van der Waals surface area contributed by atoms with Gasteiger partial charge in [0.15, 0.2) is 0 Å². The lowest BCUT2D eigenvalue weighted by Crippen LogP contribution is -2.28. The van der Waals surface area contributed by atoms with E-state index in [1.165, 1.54) is 0 Å². The first-order valence-electron chi connectivity index (χ1n) is 3.30. The fraction of sp³-hybridized carbons (Fsp3) is 0.833. The summed E-state index contributed by atoms with van der Waals surface area (Å²) in [5.74, 6) is -0.825. The van der Waals surface area contributed by atoms with Gasteiger partial charge in [0.2, 0.25) is 0 Å². The highest BCUT2D eigenvalue weighted by Gasteiger charge is 2.21. The van der Waals surface area contributed by atoms with Crippen molar-refractivity contribution < 1.29 is 15.0 Å². The number of aliphatic carboxylic acids is 1. The number of carboxylic acid groups (broad SMARTS) is 1. The Balaban J connectivity index is 2.24. The highest BCUT2D eigenvalue weighted by atomic mass is 16.4. The summed E-state index contributed by atoms with van der Waals surface area (Å²) in [5.41, 5.74) is 0. The van der Waals surface area contributed by atoms with Gasteiger partial charge < -0.3 is 10.2 Å². The van der Waals surface area contributed by atoms with E-state index in [2.05, 4.69) is 0 Å². The lowest BCUT2D eigenvalue weighted by atomic mass is 10.3. The second-order valence-corrected chi connectivity index (χ2v) is 2.57. The first-order valence-corrected chi connectivity index (χ1v) is 3.30. The summed E-state index contributed by atoms with van der Waals surface area (Å²) in [6, 6.07) is 0. The quantitative estimate of drug-likeness (QED) is 0.530. The van der Waals surface area contributed by atoms with Gasteiger partial charge in [-0.15, -0.1) is 0 Å². The van der Waals surface area contributed by atoms with Gasteiger partial charge in [-0.1, -0.05) is 0 Å². The normalized spacial score (nSPS) is 27.1. The average Bonchev–Trinajstić information content (AvgIpc) is 2.13. The van der Waals surface area contributed by atoms with Crippen molar-refractivity contribution >= 4 is 5.97 Å². The molecule has 0 aromatic carbocycles. The van der Waals surface area contributed by atoms with E-state index in [1.54, 1.807) is 4.90 Å². The molecule has 1 atom stereocenters. The van der Waals surface area contributed by atoms with E-state index in [1.807, 2.05) is 0 Å². The van der Waals surface area contributed by atoms with Crippen LogP contribution in [0, 0.1) is 0 Å². The maximum Gasteiger partial charge on any atom is 0.317 e. The summed E-state index contributed by atoms with van der Waals surface area (Å²) in [4.78, 5) is 11.9. The van der Waals surface area contributed by atoms with Crippen molar-refractivity contribution in [2.24, 2.45) is 0 Å². The first-order chi connectivity index (χ1) is 4.68. The van der Waals surface area contributed by atoms with Gasteiger partial charge in [-0.05, 0) is 6.42 Å². The third-order valence-corrected chi connectivity index (χ3v) is 1.61. The Morgan fingerprint density at radius 3 is 2.80 bits per heavy atom. The van der Waals surface area contributed by atoms with Crippen molar-refractivity contribution in [2.45, 2.75) is 12.5 Å². The molecule has 1 aliphatic heterocycles. The van der Waals surface area contributed by atoms with E-state index in [0.717, 1.165) is 0 Å². The molecule has 0 unspecified atom stereocenters. The molecular formula is C6H11NO3. The number of likely N-dealkylation sites (tertiary alicyclic amines) is 1. The third-order valence-electron chi connectivity index (χ3n) is 1.61. The van der Waals surface area contributed by atoms with E-state index in [-0.39, 0.29) is 12.6 Å². The lowest BCUT2D eigenvalue weighted by Gasteiger charge is -2.09. The Bertz CT molecular complexity index is 137. The molecule has 0 bridgehead atoms. The van der Waals surface area contributed by atoms with Crippen LogP contribution in [0.5, 0.6) is 0 Å². The second kappa shape index (κ2) is 2.98. The largest absolute Gasteiger partial charge is 0.480 e. The maximum absolute atomic E-state index is 10.1. The minimum Gasteiger partial charge on any atom is -0.480 e. The standard InChI is InChI=1S/C6H11NO3/c8-5-1-2-7(3-5)4-6(9)10/h5,8H,1-4H2,(H,9,10)/t5-/m0/s1. The molecule has 0 spiro atoms. The third kappa shape index (κ3) is 1.97. The van der Waals surface area contributed by atoms with Crippen LogP contribution in [0.1, 0.15) is 6.42 Å².